The van der Waals surface area contributed by atoms with E-state index in [9.17, 15) is 9.59 Å². The van der Waals surface area contributed by atoms with Gasteiger partial charge in [0.25, 0.3) is 0 Å². The molecule has 1 heterocycles. The van der Waals surface area contributed by atoms with Gasteiger partial charge >= 0.3 is 5.69 Å². The second-order valence-electron chi connectivity index (χ2n) is 5.08. The number of hydrogen-bond acceptors (Lipinski definition) is 4. The molecule has 0 spiro atoms. The quantitative estimate of drug-likeness (QED) is 0.560. The van der Waals surface area contributed by atoms with Crippen LogP contribution in [0, 0.1) is 0 Å². The third-order valence-corrected chi connectivity index (χ3v) is 3.26. The smallest absolute Gasteiger partial charge is 0.356 e. The number of anilines is 1. The van der Waals surface area contributed by atoms with E-state index in [-0.39, 0.29) is 11.7 Å². The summed E-state index contributed by atoms with van der Waals surface area (Å²) >= 11 is 0. The first-order valence-electron chi connectivity index (χ1n) is 7.68. The number of rotatable bonds is 9. The van der Waals surface area contributed by atoms with Crippen molar-refractivity contribution in [3.63, 3.8) is 0 Å². The molecule has 1 rings (SSSR count). The van der Waals surface area contributed by atoms with Crippen LogP contribution >= 0.6 is 0 Å². The molecule has 1 aromatic heterocycles. The molecule has 0 saturated carbocycles. The van der Waals surface area contributed by atoms with Crippen molar-refractivity contribution >= 4 is 11.7 Å². The Balaban J connectivity index is 2.16. The highest BCUT2D eigenvalue weighted by Gasteiger charge is 2.07. The molecule has 1 aromatic rings. The summed E-state index contributed by atoms with van der Waals surface area (Å²) in [5.74, 6) is -0.0699. The second kappa shape index (κ2) is 9.91. The molecular formula is C16H25N3O2. The highest BCUT2D eigenvalue weighted by atomic mass is 16.2. The van der Waals surface area contributed by atoms with Crippen LogP contribution < -0.4 is 11.4 Å². The maximum Gasteiger partial charge on any atom is 0.356 e. The van der Waals surface area contributed by atoms with Crippen LogP contribution in [0.1, 0.15) is 63.1 Å². The van der Waals surface area contributed by atoms with Crippen LogP contribution in [0.25, 0.3) is 0 Å². The van der Waals surface area contributed by atoms with E-state index in [1.165, 1.54) is 25.1 Å². The molecule has 0 atom stereocenters. The molecule has 0 aliphatic rings. The predicted molar refractivity (Wildman–Crippen MR) is 85.3 cm³/mol. The van der Waals surface area contributed by atoms with Crippen molar-refractivity contribution in [2.75, 3.05) is 5.73 Å². The summed E-state index contributed by atoms with van der Waals surface area (Å²) in [4.78, 5) is 26.9. The number of carbonyl (C=O) groups is 1. The number of nitrogens with two attached hydrogens (primary N) is 1. The van der Waals surface area contributed by atoms with Crippen LogP contribution in [0.3, 0.4) is 0 Å². The van der Waals surface area contributed by atoms with Gasteiger partial charge in [0.2, 0.25) is 5.91 Å². The Hall–Kier alpha value is -1.91. The molecule has 5 heteroatoms. The van der Waals surface area contributed by atoms with E-state index < -0.39 is 5.69 Å². The molecule has 0 aliphatic heterocycles. The van der Waals surface area contributed by atoms with Crippen LogP contribution in [0.5, 0.6) is 0 Å². The number of unbranched alkanes of at least 4 members (excludes halogenated alkanes) is 5. The molecule has 116 valence electrons. The number of nitrogen functional groups attached to an aromatic ring is 1. The van der Waals surface area contributed by atoms with Gasteiger partial charge in [-0.25, -0.2) is 9.36 Å². The normalized spacial score (nSPS) is 11.1. The van der Waals surface area contributed by atoms with Crippen LogP contribution in [0.15, 0.2) is 29.2 Å². The molecular weight excluding hydrogens is 266 g/mol. The van der Waals surface area contributed by atoms with Gasteiger partial charge in [0, 0.05) is 12.6 Å². The van der Waals surface area contributed by atoms with Gasteiger partial charge in [-0.3, -0.25) is 4.79 Å². The van der Waals surface area contributed by atoms with Gasteiger partial charge in [0.05, 0.1) is 0 Å². The zero-order valence-electron chi connectivity index (χ0n) is 12.8. The Labute approximate surface area is 125 Å². The summed E-state index contributed by atoms with van der Waals surface area (Å²) in [5, 5.41) is 0. The number of aromatic nitrogens is 2. The zero-order valence-corrected chi connectivity index (χ0v) is 12.8. The first-order chi connectivity index (χ1) is 10.1. The fourth-order valence-electron chi connectivity index (χ4n) is 2.08. The Morgan fingerprint density at radius 3 is 2.67 bits per heavy atom. The van der Waals surface area contributed by atoms with Gasteiger partial charge in [-0.05, 0) is 31.7 Å². The number of carbonyl (C=O) groups excluding carboxylic acids is 1. The Bertz CT molecular complexity index is 520. The zero-order chi connectivity index (χ0) is 15.5. The molecule has 0 bridgehead atoms. The first-order valence-corrected chi connectivity index (χ1v) is 7.68. The van der Waals surface area contributed by atoms with Gasteiger partial charge in [0.1, 0.15) is 5.82 Å². The van der Waals surface area contributed by atoms with Crippen molar-refractivity contribution in [3.05, 3.63) is 34.9 Å². The Kier molecular flexibility index (Phi) is 8.09. The third-order valence-electron chi connectivity index (χ3n) is 3.26. The average Bonchev–Trinajstić information content (AvgIpc) is 2.45. The predicted octanol–water partition coefficient (Wildman–Crippen LogP) is 3.16. The van der Waals surface area contributed by atoms with E-state index in [4.69, 9.17) is 5.73 Å². The number of allylic oxidation sites excluding steroid dienone is 2. The molecule has 0 radical (unpaired) electrons. The van der Waals surface area contributed by atoms with E-state index in [0.29, 0.717) is 6.42 Å². The minimum Gasteiger partial charge on any atom is -0.383 e. The summed E-state index contributed by atoms with van der Waals surface area (Å²) in [6.45, 7) is 2.13. The largest absolute Gasteiger partial charge is 0.383 e. The molecule has 2 N–H and O–H groups in total. The Morgan fingerprint density at radius 1 is 1.24 bits per heavy atom. The first kappa shape index (κ1) is 17.1. The van der Waals surface area contributed by atoms with Gasteiger partial charge in [-0.15, -0.1) is 0 Å². The second-order valence-corrected chi connectivity index (χ2v) is 5.08. The van der Waals surface area contributed by atoms with Crippen molar-refractivity contribution in [2.24, 2.45) is 0 Å². The van der Waals surface area contributed by atoms with Crippen LogP contribution in [0.2, 0.25) is 0 Å². The number of hydrogen-bond donors (Lipinski definition) is 1. The monoisotopic (exact) mass is 291 g/mol. The minimum atomic E-state index is -0.595. The summed E-state index contributed by atoms with van der Waals surface area (Å²) in [6.07, 6.45) is 13.8. The lowest BCUT2D eigenvalue weighted by Gasteiger charge is -2.04. The maximum absolute atomic E-state index is 11.9. The van der Waals surface area contributed by atoms with Crippen molar-refractivity contribution in [3.8, 4) is 0 Å². The van der Waals surface area contributed by atoms with Gasteiger partial charge in [0.15, 0.2) is 0 Å². The highest BCUT2D eigenvalue weighted by molar-refractivity contribution is 5.78. The lowest BCUT2D eigenvalue weighted by Crippen LogP contribution is -2.28. The molecule has 0 unspecified atom stereocenters. The molecule has 21 heavy (non-hydrogen) atoms. The summed E-state index contributed by atoms with van der Waals surface area (Å²) in [5.41, 5.74) is 4.79. The van der Waals surface area contributed by atoms with Crippen molar-refractivity contribution in [1.29, 1.82) is 0 Å². The summed E-state index contributed by atoms with van der Waals surface area (Å²) in [7, 11) is 0. The molecule has 5 nitrogen and oxygen atoms in total. The molecule has 0 amide bonds. The summed E-state index contributed by atoms with van der Waals surface area (Å²) < 4.78 is 1.03. The van der Waals surface area contributed by atoms with Gasteiger partial charge in [-0.1, -0.05) is 38.3 Å². The molecule has 0 saturated heterocycles. The fourth-order valence-corrected chi connectivity index (χ4v) is 2.08. The fraction of sp³-hybridized carbons (Fsp3) is 0.562. The highest BCUT2D eigenvalue weighted by Crippen LogP contribution is 2.08. The van der Waals surface area contributed by atoms with Crippen LogP contribution in [0.4, 0.5) is 5.82 Å². The molecule has 0 fully saturated rings. The summed E-state index contributed by atoms with van der Waals surface area (Å²) in [6, 6.07) is 1.46. The van der Waals surface area contributed by atoms with Crippen molar-refractivity contribution in [1.82, 2.24) is 9.55 Å². The topological polar surface area (TPSA) is 78.0 Å². The standard InChI is InChI=1S/C16H25N3O2/c1-2-3-4-5-6-7-8-9-10-11-15(20)19-13-12-14(17)18-16(19)21/h3-4,12-13H,2,5-11H2,1H3,(H2,17,18,21). The Morgan fingerprint density at radius 2 is 1.95 bits per heavy atom. The van der Waals surface area contributed by atoms with Crippen LogP contribution in [-0.2, 0) is 0 Å². The van der Waals surface area contributed by atoms with Gasteiger partial charge in [-0.2, -0.15) is 4.98 Å². The van der Waals surface area contributed by atoms with Crippen molar-refractivity contribution in [2.45, 2.75) is 58.3 Å². The van der Waals surface area contributed by atoms with E-state index in [1.807, 2.05) is 0 Å². The average molecular weight is 291 g/mol. The molecule has 0 aliphatic carbocycles. The van der Waals surface area contributed by atoms with E-state index >= 15 is 0 Å². The van der Waals surface area contributed by atoms with E-state index in [1.54, 1.807) is 0 Å². The van der Waals surface area contributed by atoms with E-state index in [0.717, 1.165) is 36.7 Å². The van der Waals surface area contributed by atoms with Crippen LogP contribution in [-0.4, -0.2) is 15.5 Å². The van der Waals surface area contributed by atoms with Gasteiger partial charge < -0.3 is 5.73 Å². The SMILES string of the molecule is CCC=CCCCCCCCC(=O)n1ccc(N)nc1=O. The minimum absolute atomic E-state index is 0.140. The lowest BCUT2D eigenvalue weighted by molar-refractivity contribution is 0.0893. The maximum atomic E-state index is 11.9. The van der Waals surface area contributed by atoms with Crippen molar-refractivity contribution < 1.29 is 4.79 Å². The van der Waals surface area contributed by atoms with E-state index in [2.05, 4.69) is 24.1 Å². The molecule has 0 aromatic carbocycles. The lowest BCUT2D eigenvalue weighted by atomic mass is 10.1. The third kappa shape index (κ3) is 6.88. The number of nitrogens with zero attached hydrogens (tertiary/aromatic N) is 2.